The smallest absolute Gasteiger partial charge is 0.251 e. The minimum Gasteiger partial charge on any atom is -0.495 e. The summed E-state index contributed by atoms with van der Waals surface area (Å²) in [4.78, 5) is 37.0. The molecule has 0 saturated carbocycles. The molecule has 2 heterocycles. The largest absolute Gasteiger partial charge is 0.495 e. The Kier molecular flexibility index (Phi) is 9.56. The van der Waals surface area contributed by atoms with Crippen molar-refractivity contribution < 1.29 is 14.3 Å². The molecule has 0 spiro atoms. The van der Waals surface area contributed by atoms with Crippen LogP contribution in [-0.4, -0.2) is 71.1 Å². The standard InChI is InChI=1S/C27H38N6O3S/c1-17(37-27(3,4)5)15-28-24-21(18(2)34)16-29-26(32-24)31-22-9-8-19(14-23(22)36-7)25(35)30-20-10-12-33(6)13-11-20/h8-9,14,16,20H,1,10-13,15H2,2-7H3,(H,30,35)(H2,28,29,31,32). The van der Waals surface area contributed by atoms with Crippen molar-refractivity contribution in [1.82, 2.24) is 20.2 Å². The van der Waals surface area contributed by atoms with Crippen molar-refractivity contribution in [2.75, 3.05) is 44.4 Å². The lowest BCUT2D eigenvalue weighted by molar-refractivity contribution is 0.0916. The summed E-state index contributed by atoms with van der Waals surface area (Å²) in [5, 5.41) is 9.48. The fourth-order valence-electron chi connectivity index (χ4n) is 3.96. The maximum atomic E-state index is 12.8. The number of hydrogen-bond acceptors (Lipinski definition) is 9. The third-order valence-electron chi connectivity index (χ3n) is 5.84. The van der Waals surface area contributed by atoms with Gasteiger partial charge in [-0.1, -0.05) is 27.4 Å². The number of likely N-dealkylation sites (tertiary alicyclic amines) is 1. The van der Waals surface area contributed by atoms with Crippen LogP contribution < -0.4 is 20.7 Å². The molecule has 1 aliphatic rings. The number of nitrogens with one attached hydrogen (secondary N) is 3. The van der Waals surface area contributed by atoms with Crippen LogP contribution in [0.15, 0.2) is 35.9 Å². The summed E-state index contributed by atoms with van der Waals surface area (Å²) < 4.78 is 5.58. The van der Waals surface area contributed by atoms with E-state index in [1.807, 2.05) is 0 Å². The van der Waals surface area contributed by atoms with Crippen molar-refractivity contribution in [3.63, 3.8) is 0 Å². The summed E-state index contributed by atoms with van der Waals surface area (Å²) >= 11 is 1.66. The third kappa shape index (κ3) is 8.46. The normalized spacial score (nSPS) is 14.6. The minimum absolute atomic E-state index is 0.0350. The van der Waals surface area contributed by atoms with Gasteiger partial charge in [0.25, 0.3) is 5.91 Å². The number of methoxy groups -OCH3 is 1. The number of amides is 1. The van der Waals surface area contributed by atoms with Gasteiger partial charge in [0, 0.05) is 29.1 Å². The highest BCUT2D eigenvalue weighted by atomic mass is 32.2. The lowest BCUT2D eigenvalue weighted by atomic mass is 10.0. The number of piperidine rings is 1. The Hall–Kier alpha value is -3.11. The van der Waals surface area contributed by atoms with Crippen molar-refractivity contribution in [3.8, 4) is 5.75 Å². The molecule has 9 nitrogen and oxygen atoms in total. The van der Waals surface area contributed by atoms with Crippen LogP contribution in [0, 0.1) is 0 Å². The minimum atomic E-state index is -0.138. The highest BCUT2D eigenvalue weighted by Gasteiger charge is 2.20. The van der Waals surface area contributed by atoms with Gasteiger partial charge in [-0.2, -0.15) is 4.98 Å². The number of rotatable bonds is 10. The molecule has 0 bridgehead atoms. The first-order valence-electron chi connectivity index (χ1n) is 12.4. The molecule has 1 amide bonds. The van der Waals surface area contributed by atoms with Crippen molar-refractivity contribution in [1.29, 1.82) is 0 Å². The molecule has 0 aliphatic carbocycles. The van der Waals surface area contributed by atoms with E-state index in [-0.39, 0.29) is 22.5 Å². The second kappa shape index (κ2) is 12.4. The molecule has 1 saturated heterocycles. The van der Waals surface area contributed by atoms with Gasteiger partial charge in [0.2, 0.25) is 5.95 Å². The highest BCUT2D eigenvalue weighted by Crippen LogP contribution is 2.31. The van der Waals surface area contributed by atoms with Crippen LogP contribution in [0.4, 0.5) is 17.5 Å². The van der Waals surface area contributed by atoms with Crippen LogP contribution in [-0.2, 0) is 0 Å². The number of hydrogen-bond donors (Lipinski definition) is 3. The van der Waals surface area contributed by atoms with Gasteiger partial charge in [0.15, 0.2) is 5.78 Å². The number of carbonyl (C=O) groups is 2. The zero-order valence-corrected chi connectivity index (χ0v) is 23.4. The molecular weight excluding hydrogens is 488 g/mol. The van der Waals surface area contributed by atoms with E-state index < -0.39 is 0 Å². The van der Waals surface area contributed by atoms with Crippen LogP contribution >= 0.6 is 11.8 Å². The summed E-state index contributed by atoms with van der Waals surface area (Å²) in [5.41, 5.74) is 1.52. The van der Waals surface area contributed by atoms with Crippen LogP contribution in [0.1, 0.15) is 61.3 Å². The number of anilines is 3. The van der Waals surface area contributed by atoms with E-state index in [1.165, 1.54) is 13.1 Å². The lowest BCUT2D eigenvalue weighted by Gasteiger charge is -2.29. The van der Waals surface area contributed by atoms with Gasteiger partial charge in [-0.15, -0.1) is 11.8 Å². The van der Waals surface area contributed by atoms with Crippen molar-refractivity contribution in [2.45, 2.75) is 51.3 Å². The summed E-state index contributed by atoms with van der Waals surface area (Å²) in [6, 6.07) is 5.37. The Morgan fingerprint density at radius 2 is 1.95 bits per heavy atom. The maximum Gasteiger partial charge on any atom is 0.251 e. The molecule has 0 unspecified atom stereocenters. The summed E-state index contributed by atoms with van der Waals surface area (Å²) in [5.74, 6) is 0.943. The average Bonchev–Trinajstić information content (AvgIpc) is 2.83. The molecule has 3 N–H and O–H groups in total. The number of Topliss-reactive ketones (excluding diaryl/α,β-unsaturated/α-hetero) is 1. The summed E-state index contributed by atoms with van der Waals surface area (Å²) in [6.07, 6.45) is 3.37. The molecule has 1 aromatic heterocycles. The summed E-state index contributed by atoms with van der Waals surface area (Å²) in [7, 11) is 3.64. The van der Waals surface area contributed by atoms with Gasteiger partial charge < -0.3 is 25.6 Å². The molecule has 1 aliphatic heterocycles. The maximum absolute atomic E-state index is 12.8. The zero-order chi connectivity index (χ0) is 27.2. The SMILES string of the molecule is C=C(CNc1nc(Nc2ccc(C(=O)NC3CCN(C)CC3)cc2OC)ncc1C(C)=O)SC(C)(C)C. The van der Waals surface area contributed by atoms with E-state index >= 15 is 0 Å². The first kappa shape index (κ1) is 28.5. The molecule has 0 radical (unpaired) electrons. The first-order chi connectivity index (χ1) is 17.4. The van der Waals surface area contributed by atoms with Gasteiger partial charge in [0.05, 0.1) is 18.4 Å². The molecule has 2 aromatic rings. The second-order valence-electron chi connectivity index (χ2n) is 10.2. The number of ether oxygens (including phenoxy) is 1. The first-order valence-corrected chi connectivity index (χ1v) is 13.2. The topological polar surface area (TPSA) is 108 Å². The van der Waals surface area contributed by atoms with E-state index in [0.717, 1.165) is 30.8 Å². The molecule has 10 heteroatoms. The van der Waals surface area contributed by atoms with Crippen molar-refractivity contribution in [3.05, 3.63) is 47.0 Å². The number of nitrogens with zero attached hydrogens (tertiary/aromatic N) is 3. The number of carbonyl (C=O) groups excluding carboxylic acids is 2. The van der Waals surface area contributed by atoms with E-state index in [4.69, 9.17) is 4.74 Å². The van der Waals surface area contributed by atoms with Gasteiger partial charge >= 0.3 is 0 Å². The van der Waals surface area contributed by atoms with Crippen LogP contribution in [0.3, 0.4) is 0 Å². The average molecular weight is 527 g/mol. The highest BCUT2D eigenvalue weighted by molar-refractivity contribution is 8.04. The van der Waals surface area contributed by atoms with E-state index in [0.29, 0.717) is 40.9 Å². The van der Waals surface area contributed by atoms with Crippen molar-refractivity contribution >= 4 is 40.9 Å². The van der Waals surface area contributed by atoms with Gasteiger partial charge in [-0.25, -0.2) is 4.98 Å². The van der Waals surface area contributed by atoms with E-state index in [1.54, 1.807) is 37.1 Å². The van der Waals surface area contributed by atoms with E-state index in [9.17, 15) is 9.59 Å². The molecule has 0 atom stereocenters. The van der Waals surface area contributed by atoms with Crippen LogP contribution in [0.5, 0.6) is 5.75 Å². The van der Waals surface area contributed by atoms with E-state index in [2.05, 4.69) is 65.2 Å². The number of thioether (sulfide) groups is 1. The molecule has 3 rings (SSSR count). The fourth-order valence-corrected chi connectivity index (χ4v) is 4.97. The van der Waals surface area contributed by atoms with Crippen LogP contribution in [0.25, 0.3) is 0 Å². The molecular formula is C27H38N6O3S. The van der Waals surface area contributed by atoms with Gasteiger partial charge in [-0.3, -0.25) is 9.59 Å². The van der Waals surface area contributed by atoms with Crippen molar-refractivity contribution in [2.24, 2.45) is 0 Å². The Labute approximate surface area is 223 Å². The Morgan fingerprint density at radius 1 is 1.24 bits per heavy atom. The van der Waals surface area contributed by atoms with Gasteiger partial charge in [-0.05, 0) is 63.0 Å². The molecule has 1 fully saturated rings. The Bertz CT molecular complexity index is 1140. The monoisotopic (exact) mass is 526 g/mol. The second-order valence-corrected chi connectivity index (χ2v) is 12.2. The predicted molar refractivity (Wildman–Crippen MR) is 151 cm³/mol. The summed E-state index contributed by atoms with van der Waals surface area (Å²) in [6.45, 7) is 14.4. The molecule has 1 aromatic carbocycles. The zero-order valence-electron chi connectivity index (χ0n) is 22.6. The fraction of sp³-hybridized carbons (Fsp3) is 0.481. The Morgan fingerprint density at radius 3 is 2.57 bits per heavy atom. The number of aromatic nitrogens is 2. The predicted octanol–water partition coefficient (Wildman–Crippen LogP) is 4.71. The molecule has 37 heavy (non-hydrogen) atoms. The van der Waals surface area contributed by atoms with Crippen LogP contribution in [0.2, 0.25) is 0 Å². The van der Waals surface area contributed by atoms with Gasteiger partial charge in [0.1, 0.15) is 11.6 Å². The quantitative estimate of drug-likeness (QED) is 0.379. The third-order valence-corrected chi connectivity index (χ3v) is 6.88. The lowest BCUT2D eigenvalue weighted by Crippen LogP contribution is -2.43. The molecule has 200 valence electrons. The Balaban J connectivity index is 1.73. The number of ketones is 1. The number of benzene rings is 1.